The number of likely N-dealkylation sites (tertiary alicyclic amines) is 1. The third-order valence-corrected chi connectivity index (χ3v) is 5.47. The van der Waals surface area contributed by atoms with Crippen LogP contribution in [0.5, 0.6) is 0 Å². The maximum atomic E-state index is 13.1. The number of nitrogens with zero attached hydrogens (tertiary/aromatic N) is 1. The molecule has 8 heteroatoms. The van der Waals surface area contributed by atoms with E-state index in [1.165, 1.54) is 6.92 Å². The zero-order valence-corrected chi connectivity index (χ0v) is 17.3. The summed E-state index contributed by atoms with van der Waals surface area (Å²) in [4.78, 5) is 50.5. The molecule has 0 aromatic heterocycles. The SMILES string of the molecule is CC(=O)N1CCC(C(=O)OCC(=O)NNC(=O)c2ccccc2)(c2ccccc2)CC1. The Morgan fingerprint density at radius 3 is 2.06 bits per heavy atom. The Kier molecular flexibility index (Phi) is 7.02. The summed E-state index contributed by atoms with van der Waals surface area (Å²) in [5, 5.41) is 0. The summed E-state index contributed by atoms with van der Waals surface area (Å²) in [7, 11) is 0. The molecule has 2 aromatic rings. The lowest BCUT2D eigenvalue weighted by Gasteiger charge is -2.40. The summed E-state index contributed by atoms with van der Waals surface area (Å²) in [6.07, 6.45) is 0.809. The summed E-state index contributed by atoms with van der Waals surface area (Å²) < 4.78 is 5.33. The minimum atomic E-state index is -0.930. The Morgan fingerprint density at radius 1 is 0.903 bits per heavy atom. The molecule has 3 rings (SSSR count). The van der Waals surface area contributed by atoms with E-state index in [0.717, 1.165) is 5.56 Å². The van der Waals surface area contributed by atoms with Gasteiger partial charge in [-0.05, 0) is 30.5 Å². The first-order valence-electron chi connectivity index (χ1n) is 10.0. The molecule has 2 aromatic carbocycles. The maximum absolute atomic E-state index is 13.1. The second-order valence-corrected chi connectivity index (χ2v) is 7.40. The topological polar surface area (TPSA) is 105 Å². The van der Waals surface area contributed by atoms with Crippen LogP contribution in [-0.2, 0) is 24.5 Å². The van der Waals surface area contributed by atoms with Crippen LogP contribution in [0.2, 0.25) is 0 Å². The number of nitrogens with one attached hydrogen (secondary N) is 2. The highest BCUT2D eigenvalue weighted by atomic mass is 16.5. The van der Waals surface area contributed by atoms with Crippen molar-refractivity contribution in [3.63, 3.8) is 0 Å². The highest BCUT2D eigenvalue weighted by molar-refractivity contribution is 5.95. The number of carbonyl (C=O) groups excluding carboxylic acids is 4. The van der Waals surface area contributed by atoms with Crippen LogP contribution in [0, 0.1) is 0 Å². The van der Waals surface area contributed by atoms with Crippen LogP contribution in [-0.4, -0.2) is 48.3 Å². The van der Waals surface area contributed by atoms with Gasteiger partial charge in [0.05, 0.1) is 5.41 Å². The van der Waals surface area contributed by atoms with Gasteiger partial charge in [-0.25, -0.2) is 0 Å². The molecule has 1 saturated heterocycles. The molecular weight excluding hydrogens is 398 g/mol. The fourth-order valence-electron chi connectivity index (χ4n) is 3.66. The predicted octanol–water partition coefficient (Wildman–Crippen LogP) is 1.57. The largest absolute Gasteiger partial charge is 0.455 e. The second-order valence-electron chi connectivity index (χ2n) is 7.40. The van der Waals surface area contributed by atoms with Gasteiger partial charge in [0, 0.05) is 25.6 Å². The maximum Gasteiger partial charge on any atom is 0.317 e. The molecule has 0 spiro atoms. The Labute approximate surface area is 180 Å². The number of rotatable bonds is 5. The fourth-order valence-corrected chi connectivity index (χ4v) is 3.66. The number of hydrazine groups is 1. The summed E-state index contributed by atoms with van der Waals surface area (Å²) in [5.41, 5.74) is 4.78. The quantitative estimate of drug-likeness (QED) is 0.561. The van der Waals surface area contributed by atoms with Crippen LogP contribution in [0.4, 0.5) is 0 Å². The van der Waals surface area contributed by atoms with E-state index in [1.807, 2.05) is 30.3 Å². The first kappa shape index (κ1) is 22.0. The molecule has 0 aliphatic carbocycles. The standard InChI is InChI=1S/C23H25N3O5/c1-17(27)26-14-12-23(13-15-26,19-10-6-3-7-11-19)22(30)31-16-20(28)24-25-21(29)18-8-4-2-5-9-18/h2-11H,12-16H2,1H3,(H,24,28)(H,25,29). The molecule has 0 atom stereocenters. The van der Waals surface area contributed by atoms with Crippen LogP contribution in [0.25, 0.3) is 0 Å². The number of benzene rings is 2. The molecule has 1 heterocycles. The van der Waals surface area contributed by atoms with Crippen molar-refractivity contribution in [2.24, 2.45) is 0 Å². The molecule has 0 unspecified atom stereocenters. The summed E-state index contributed by atoms with van der Waals surface area (Å²) in [6.45, 7) is 1.83. The molecule has 8 nitrogen and oxygen atoms in total. The lowest BCUT2D eigenvalue weighted by molar-refractivity contribution is -0.157. The number of piperidine rings is 1. The number of hydrogen-bond acceptors (Lipinski definition) is 5. The van der Waals surface area contributed by atoms with E-state index in [2.05, 4.69) is 10.9 Å². The number of carbonyl (C=O) groups is 4. The minimum absolute atomic E-state index is 0.0384. The second kappa shape index (κ2) is 9.88. The first-order valence-corrected chi connectivity index (χ1v) is 10.0. The van der Waals surface area contributed by atoms with Gasteiger partial charge < -0.3 is 9.64 Å². The number of hydrogen-bond donors (Lipinski definition) is 2. The zero-order valence-electron chi connectivity index (χ0n) is 17.3. The van der Waals surface area contributed by atoms with Crippen molar-refractivity contribution in [1.29, 1.82) is 0 Å². The van der Waals surface area contributed by atoms with E-state index in [4.69, 9.17) is 4.74 Å². The smallest absolute Gasteiger partial charge is 0.317 e. The molecule has 3 amide bonds. The van der Waals surface area contributed by atoms with Gasteiger partial charge in [0.15, 0.2) is 6.61 Å². The average Bonchev–Trinajstić information content (AvgIpc) is 2.82. The Bertz CT molecular complexity index is 938. The van der Waals surface area contributed by atoms with Crippen molar-refractivity contribution < 1.29 is 23.9 Å². The first-order chi connectivity index (χ1) is 14.9. The van der Waals surface area contributed by atoms with Gasteiger partial charge in [-0.15, -0.1) is 0 Å². The summed E-state index contributed by atoms with van der Waals surface area (Å²) in [6, 6.07) is 17.7. The monoisotopic (exact) mass is 423 g/mol. The molecule has 1 aliphatic heterocycles. The molecular formula is C23H25N3O5. The Morgan fingerprint density at radius 2 is 1.48 bits per heavy atom. The number of amides is 3. The van der Waals surface area contributed by atoms with Crippen LogP contribution in [0.15, 0.2) is 60.7 Å². The van der Waals surface area contributed by atoms with Crippen molar-refractivity contribution in [3.8, 4) is 0 Å². The van der Waals surface area contributed by atoms with Crippen LogP contribution < -0.4 is 10.9 Å². The van der Waals surface area contributed by atoms with Gasteiger partial charge in [-0.2, -0.15) is 0 Å². The van der Waals surface area contributed by atoms with Crippen molar-refractivity contribution in [2.45, 2.75) is 25.2 Å². The van der Waals surface area contributed by atoms with Crippen LogP contribution >= 0.6 is 0 Å². The molecule has 0 radical (unpaired) electrons. The number of ether oxygens (including phenoxy) is 1. The lowest BCUT2D eigenvalue weighted by atomic mass is 9.72. The van der Waals surface area contributed by atoms with Gasteiger partial charge in [0.2, 0.25) is 5.91 Å². The van der Waals surface area contributed by atoms with Crippen LogP contribution in [0.1, 0.15) is 35.7 Å². The van der Waals surface area contributed by atoms with Crippen molar-refractivity contribution in [1.82, 2.24) is 15.8 Å². The molecule has 162 valence electrons. The highest BCUT2D eigenvalue weighted by Gasteiger charge is 2.44. The fraction of sp³-hybridized carbons (Fsp3) is 0.304. The normalized spacial score (nSPS) is 14.9. The molecule has 1 aliphatic rings. The van der Waals surface area contributed by atoms with Gasteiger partial charge >= 0.3 is 5.97 Å². The van der Waals surface area contributed by atoms with Gasteiger partial charge in [0.25, 0.3) is 11.8 Å². The molecule has 1 fully saturated rings. The summed E-state index contributed by atoms with van der Waals surface area (Å²) >= 11 is 0. The lowest BCUT2D eigenvalue weighted by Crippen LogP contribution is -2.50. The Balaban J connectivity index is 1.60. The third kappa shape index (κ3) is 5.28. The number of esters is 1. The van der Waals surface area contributed by atoms with Gasteiger partial charge in [-0.3, -0.25) is 30.0 Å². The van der Waals surface area contributed by atoms with Gasteiger partial charge in [-0.1, -0.05) is 48.5 Å². The molecule has 31 heavy (non-hydrogen) atoms. The minimum Gasteiger partial charge on any atom is -0.455 e. The molecule has 0 saturated carbocycles. The molecule has 2 N–H and O–H groups in total. The van der Waals surface area contributed by atoms with E-state index in [0.29, 0.717) is 31.5 Å². The van der Waals surface area contributed by atoms with E-state index in [-0.39, 0.29) is 5.91 Å². The van der Waals surface area contributed by atoms with Crippen LogP contribution in [0.3, 0.4) is 0 Å². The molecule has 0 bridgehead atoms. The van der Waals surface area contributed by atoms with E-state index in [9.17, 15) is 19.2 Å². The highest BCUT2D eigenvalue weighted by Crippen LogP contribution is 2.37. The van der Waals surface area contributed by atoms with E-state index >= 15 is 0 Å². The van der Waals surface area contributed by atoms with Crippen molar-refractivity contribution in [3.05, 3.63) is 71.8 Å². The van der Waals surface area contributed by atoms with E-state index < -0.39 is 29.8 Å². The summed E-state index contributed by atoms with van der Waals surface area (Å²) in [5.74, 6) is -1.69. The predicted molar refractivity (Wildman–Crippen MR) is 113 cm³/mol. The van der Waals surface area contributed by atoms with Gasteiger partial charge in [0.1, 0.15) is 0 Å². The van der Waals surface area contributed by atoms with Crippen molar-refractivity contribution in [2.75, 3.05) is 19.7 Å². The Hall–Kier alpha value is -3.68. The van der Waals surface area contributed by atoms with Crippen molar-refractivity contribution >= 4 is 23.7 Å². The third-order valence-electron chi connectivity index (χ3n) is 5.47. The zero-order chi connectivity index (χ0) is 22.3. The van der Waals surface area contributed by atoms with E-state index in [1.54, 1.807) is 35.2 Å². The average molecular weight is 423 g/mol.